The van der Waals surface area contributed by atoms with Crippen molar-refractivity contribution in [3.05, 3.63) is 68.7 Å². The first kappa shape index (κ1) is 15.1. The van der Waals surface area contributed by atoms with E-state index >= 15 is 0 Å². The Morgan fingerprint density at radius 1 is 1.05 bits per heavy atom. The molecule has 0 heterocycles. The average molecular weight is 331 g/mol. The van der Waals surface area contributed by atoms with Crippen LogP contribution in [0, 0.1) is 0 Å². The average Bonchev–Trinajstić information content (AvgIpc) is 2.38. The van der Waals surface area contributed by atoms with Crippen LogP contribution in [0.5, 0.6) is 0 Å². The van der Waals surface area contributed by atoms with Crippen molar-refractivity contribution in [3.63, 3.8) is 0 Å². The summed E-state index contributed by atoms with van der Waals surface area (Å²) < 4.78 is 0. The normalized spacial score (nSPS) is 13.8. The minimum absolute atomic E-state index is 0.0175. The van der Waals surface area contributed by atoms with Crippen LogP contribution in [0.4, 0.5) is 0 Å². The number of carbonyl (C=O) groups excluding carboxylic acids is 1. The zero-order valence-electron chi connectivity index (χ0n) is 10.1. The van der Waals surface area contributed by atoms with Crippen LogP contribution in [0.25, 0.3) is 0 Å². The fraction of sp³-hybridized carbons (Fsp3) is 0.0714. The van der Waals surface area contributed by atoms with Crippen LogP contribution in [0.3, 0.4) is 0 Å². The Hall–Kier alpha value is -1.26. The zero-order valence-corrected chi connectivity index (χ0v) is 12.4. The van der Waals surface area contributed by atoms with Gasteiger partial charge in [0.05, 0.1) is 10.0 Å². The van der Waals surface area contributed by atoms with Crippen molar-refractivity contribution in [2.24, 2.45) is 5.73 Å². The van der Waals surface area contributed by atoms with E-state index < -0.39 is 11.5 Å². The minimum atomic E-state index is -2.12. The minimum Gasteiger partial charge on any atom is -0.372 e. The molecule has 0 fully saturated rings. The maximum atomic E-state index is 11.8. The molecule has 1 amide bonds. The SMILES string of the molecule is NC(=O)C(O)(c1ccccc1)c1c(Cl)cc(Cl)cc1Cl. The van der Waals surface area contributed by atoms with Gasteiger partial charge in [0.1, 0.15) is 0 Å². The Balaban J connectivity index is 2.76. The van der Waals surface area contributed by atoms with E-state index in [4.69, 9.17) is 40.5 Å². The second kappa shape index (κ2) is 5.62. The van der Waals surface area contributed by atoms with Crippen LogP contribution in [0.2, 0.25) is 15.1 Å². The number of nitrogens with two attached hydrogens (primary N) is 1. The zero-order chi connectivity index (χ0) is 14.9. The molecule has 0 spiro atoms. The Morgan fingerprint density at radius 3 is 2.00 bits per heavy atom. The van der Waals surface area contributed by atoms with Gasteiger partial charge in [-0.15, -0.1) is 0 Å². The lowest BCUT2D eigenvalue weighted by Gasteiger charge is -2.27. The number of hydrogen-bond acceptors (Lipinski definition) is 2. The molecule has 0 aliphatic carbocycles. The fourth-order valence-corrected chi connectivity index (χ4v) is 3.07. The van der Waals surface area contributed by atoms with Crippen molar-refractivity contribution in [1.82, 2.24) is 0 Å². The Morgan fingerprint density at radius 2 is 1.55 bits per heavy atom. The van der Waals surface area contributed by atoms with Gasteiger partial charge in [-0.05, 0) is 17.7 Å². The van der Waals surface area contributed by atoms with Gasteiger partial charge in [0.2, 0.25) is 0 Å². The molecule has 104 valence electrons. The van der Waals surface area contributed by atoms with Gasteiger partial charge in [0.25, 0.3) is 5.91 Å². The Kier molecular flexibility index (Phi) is 4.25. The highest BCUT2D eigenvalue weighted by atomic mass is 35.5. The summed E-state index contributed by atoms with van der Waals surface area (Å²) in [7, 11) is 0. The molecule has 0 aliphatic rings. The van der Waals surface area contributed by atoms with Crippen molar-refractivity contribution >= 4 is 40.7 Å². The maximum Gasteiger partial charge on any atom is 0.258 e. The fourth-order valence-electron chi connectivity index (χ4n) is 1.98. The van der Waals surface area contributed by atoms with Crippen LogP contribution < -0.4 is 5.73 Å². The third kappa shape index (κ3) is 2.50. The van der Waals surface area contributed by atoms with E-state index in [-0.39, 0.29) is 21.2 Å². The lowest BCUT2D eigenvalue weighted by Crippen LogP contribution is -2.42. The molecular formula is C14H10Cl3NO2. The van der Waals surface area contributed by atoms with E-state index in [1.807, 2.05) is 0 Å². The molecule has 2 aromatic rings. The number of carbonyl (C=O) groups is 1. The first-order valence-electron chi connectivity index (χ1n) is 5.60. The summed E-state index contributed by atoms with van der Waals surface area (Å²) in [6.45, 7) is 0. The lowest BCUT2D eigenvalue weighted by atomic mass is 9.85. The van der Waals surface area contributed by atoms with Gasteiger partial charge in [-0.2, -0.15) is 0 Å². The number of halogens is 3. The van der Waals surface area contributed by atoms with Crippen LogP contribution in [0.15, 0.2) is 42.5 Å². The number of rotatable bonds is 3. The monoisotopic (exact) mass is 329 g/mol. The predicted octanol–water partition coefficient (Wildman–Crippen LogP) is 3.37. The van der Waals surface area contributed by atoms with Gasteiger partial charge in [0, 0.05) is 10.6 Å². The van der Waals surface area contributed by atoms with Crippen LogP contribution >= 0.6 is 34.8 Å². The Bertz CT molecular complexity index is 638. The number of hydrogen-bond donors (Lipinski definition) is 2. The van der Waals surface area contributed by atoms with Gasteiger partial charge in [-0.3, -0.25) is 4.79 Å². The van der Waals surface area contributed by atoms with E-state index in [0.29, 0.717) is 5.02 Å². The number of aliphatic hydroxyl groups is 1. The van der Waals surface area contributed by atoms with Gasteiger partial charge in [-0.25, -0.2) is 0 Å². The van der Waals surface area contributed by atoms with Crippen molar-refractivity contribution < 1.29 is 9.90 Å². The molecule has 3 N–H and O–H groups in total. The first-order chi connectivity index (χ1) is 9.37. The van der Waals surface area contributed by atoms with E-state index in [1.54, 1.807) is 30.3 Å². The second-order valence-corrected chi connectivity index (χ2v) is 5.44. The molecule has 0 aromatic heterocycles. The number of primary amides is 1. The molecule has 0 radical (unpaired) electrons. The molecule has 1 atom stereocenters. The van der Waals surface area contributed by atoms with Crippen LogP contribution in [-0.4, -0.2) is 11.0 Å². The molecule has 0 saturated carbocycles. The van der Waals surface area contributed by atoms with Gasteiger partial charge in [0.15, 0.2) is 5.60 Å². The summed E-state index contributed by atoms with van der Waals surface area (Å²) in [5, 5.41) is 11.2. The molecule has 20 heavy (non-hydrogen) atoms. The molecule has 0 bridgehead atoms. The third-order valence-corrected chi connectivity index (χ3v) is 3.73. The van der Waals surface area contributed by atoms with E-state index in [9.17, 15) is 9.90 Å². The van der Waals surface area contributed by atoms with Crippen molar-refractivity contribution in [2.75, 3.05) is 0 Å². The van der Waals surface area contributed by atoms with Crippen LogP contribution in [-0.2, 0) is 10.4 Å². The van der Waals surface area contributed by atoms with Gasteiger partial charge in [-0.1, -0.05) is 65.1 Å². The third-order valence-electron chi connectivity index (χ3n) is 2.92. The molecule has 3 nitrogen and oxygen atoms in total. The molecular weight excluding hydrogens is 321 g/mol. The smallest absolute Gasteiger partial charge is 0.258 e. The highest BCUT2D eigenvalue weighted by Gasteiger charge is 2.41. The Labute approximate surface area is 130 Å². The number of amides is 1. The predicted molar refractivity (Wildman–Crippen MR) is 80.1 cm³/mol. The highest BCUT2D eigenvalue weighted by Crippen LogP contribution is 2.40. The maximum absolute atomic E-state index is 11.8. The van der Waals surface area contributed by atoms with Gasteiger partial charge < -0.3 is 10.8 Å². The number of benzene rings is 2. The summed E-state index contributed by atoms with van der Waals surface area (Å²) >= 11 is 18.0. The molecule has 6 heteroatoms. The summed E-state index contributed by atoms with van der Waals surface area (Å²) in [6.07, 6.45) is 0. The lowest BCUT2D eigenvalue weighted by molar-refractivity contribution is -0.133. The van der Waals surface area contributed by atoms with E-state index in [1.165, 1.54) is 12.1 Å². The largest absolute Gasteiger partial charge is 0.372 e. The summed E-state index contributed by atoms with van der Waals surface area (Å²) in [5.41, 5.74) is 3.54. The molecule has 2 aromatic carbocycles. The first-order valence-corrected chi connectivity index (χ1v) is 6.73. The summed E-state index contributed by atoms with van der Waals surface area (Å²) in [4.78, 5) is 11.8. The second-order valence-electron chi connectivity index (χ2n) is 4.19. The van der Waals surface area contributed by atoms with Gasteiger partial charge >= 0.3 is 0 Å². The molecule has 2 rings (SSSR count). The quantitative estimate of drug-likeness (QED) is 0.906. The van der Waals surface area contributed by atoms with Crippen LogP contribution in [0.1, 0.15) is 11.1 Å². The summed E-state index contributed by atoms with van der Waals surface area (Å²) in [5.74, 6) is -0.977. The van der Waals surface area contributed by atoms with Crippen molar-refractivity contribution in [1.29, 1.82) is 0 Å². The molecule has 1 unspecified atom stereocenters. The van der Waals surface area contributed by atoms with Crippen molar-refractivity contribution in [2.45, 2.75) is 5.60 Å². The molecule has 0 saturated heterocycles. The molecule has 0 aliphatic heterocycles. The van der Waals surface area contributed by atoms with E-state index in [2.05, 4.69) is 0 Å². The topological polar surface area (TPSA) is 63.3 Å². The standard InChI is InChI=1S/C14H10Cl3NO2/c15-9-6-10(16)12(11(17)7-9)14(20,13(18)19)8-4-2-1-3-5-8/h1-7,20H,(H2,18,19). The van der Waals surface area contributed by atoms with Crippen molar-refractivity contribution in [3.8, 4) is 0 Å². The van der Waals surface area contributed by atoms with E-state index in [0.717, 1.165) is 0 Å². The highest BCUT2D eigenvalue weighted by molar-refractivity contribution is 6.39. The summed E-state index contributed by atoms with van der Waals surface area (Å²) in [6, 6.07) is 11.0.